The van der Waals surface area contributed by atoms with E-state index in [9.17, 15) is 5.11 Å². The average Bonchev–Trinajstić information content (AvgIpc) is 2.39. The van der Waals surface area contributed by atoms with E-state index in [4.69, 9.17) is 0 Å². The molecule has 2 N–H and O–H groups in total. The quantitative estimate of drug-likeness (QED) is 0.902. The molecule has 88 valence electrons. The number of halogens is 1. The molecule has 2 nitrogen and oxygen atoms in total. The lowest BCUT2D eigenvalue weighted by Crippen LogP contribution is -2.11. The summed E-state index contributed by atoms with van der Waals surface area (Å²) >= 11 is 3.39. The minimum Gasteiger partial charge on any atom is -0.387 e. The predicted octanol–water partition coefficient (Wildman–Crippen LogP) is 3.59. The van der Waals surface area contributed by atoms with Gasteiger partial charge in [0.1, 0.15) is 0 Å². The topological polar surface area (TPSA) is 32.3 Å². The second-order valence-electron chi connectivity index (χ2n) is 3.81. The molecule has 0 aliphatic heterocycles. The van der Waals surface area contributed by atoms with Crippen molar-refractivity contribution in [2.24, 2.45) is 0 Å². The van der Waals surface area contributed by atoms with Gasteiger partial charge in [-0.15, -0.1) is 0 Å². The fourth-order valence-electron chi connectivity index (χ4n) is 1.58. The van der Waals surface area contributed by atoms with E-state index in [1.54, 1.807) is 0 Å². The van der Waals surface area contributed by atoms with Gasteiger partial charge < -0.3 is 10.4 Å². The van der Waals surface area contributed by atoms with Crippen LogP contribution in [0.2, 0.25) is 0 Å². The Morgan fingerprint density at radius 1 is 1.00 bits per heavy atom. The lowest BCUT2D eigenvalue weighted by Gasteiger charge is -2.13. The van der Waals surface area contributed by atoms with E-state index in [-0.39, 0.29) is 0 Å². The van der Waals surface area contributed by atoms with Gasteiger partial charge in [0.25, 0.3) is 0 Å². The Labute approximate surface area is 109 Å². The van der Waals surface area contributed by atoms with Crippen molar-refractivity contribution in [2.75, 3.05) is 11.9 Å². The first-order valence-corrected chi connectivity index (χ1v) is 6.27. The Kier molecular flexibility index (Phi) is 4.18. The standard InChI is InChI=1S/C14H14BrNO/c15-12-6-8-13(9-7-12)16-10-14(17)11-4-2-1-3-5-11/h1-9,14,16-17H,10H2/t14-/m0/s1. The number of nitrogens with one attached hydrogen (secondary N) is 1. The molecule has 0 aliphatic rings. The van der Waals surface area contributed by atoms with Crippen LogP contribution < -0.4 is 5.32 Å². The van der Waals surface area contributed by atoms with Crippen LogP contribution in [-0.4, -0.2) is 11.7 Å². The summed E-state index contributed by atoms with van der Waals surface area (Å²) in [5.41, 5.74) is 1.93. The summed E-state index contributed by atoms with van der Waals surface area (Å²) in [6.45, 7) is 0.506. The van der Waals surface area contributed by atoms with Gasteiger partial charge in [0.2, 0.25) is 0 Å². The van der Waals surface area contributed by atoms with Crippen LogP contribution in [0, 0.1) is 0 Å². The van der Waals surface area contributed by atoms with Gasteiger partial charge in [-0.2, -0.15) is 0 Å². The number of hydrogen-bond acceptors (Lipinski definition) is 2. The summed E-state index contributed by atoms with van der Waals surface area (Å²) < 4.78 is 1.05. The highest BCUT2D eigenvalue weighted by atomic mass is 79.9. The average molecular weight is 292 g/mol. The molecule has 0 fully saturated rings. The maximum Gasteiger partial charge on any atom is 0.0962 e. The number of aliphatic hydroxyl groups is 1. The Morgan fingerprint density at radius 3 is 2.29 bits per heavy atom. The van der Waals surface area contributed by atoms with Crippen LogP contribution in [0.15, 0.2) is 59.1 Å². The molecule has 17 heavy (non-hydrogen) atoms. The summed E-state index contributed by atoms with van der Waals surface area (Å²) in [7, 11) is 0. The molecular formula is C14H14BrNO. The first-order chi connectivity index (χ1) is 8.25. The highest BCUT2D eigenvalue weighted by molar-refractivity contribution is 9.10. The van der Waals surface area contributed by atoms with Crippen LogP contribution in [0.1, 0.15) is 11.7 Å². The summed E-state index contributed by atoms with van der Waals surface area (Å²) in [6.07, 6.45) is -0.486. The molecule has 0 aliphatic carbocycles. The van der Waals surface area contributed by atoms with Crippen molar-refractivity contribution < 1.29 is 5.11 Å². The minimum absolute atomic E-state index is 0.486. The van der Waals surface area contributed by atoms with Crippen LogP contribution in [0.25, 0.3) is 0 Å². The van der Waals surface area contributed by atoms with Crippen LogP contribution in [-0.2, 0) is 0 Å². The largest absolute Gasteiger partial charge is 0.387 e. The van der Waals surface area contributed by atoms with Gasteiger partial charge in [0, 0.05) is 16.7 Å². The van der Waals surface area contributed by atoms with Gasteiger partial charge in [0.05, 0.1) is 6.10 Å². The zero-order valence-electron chi connectivity index (χ0n) is 9.31. The Balaban J connectivity index is 1.92. The predicted molar refractivity (Wildman–Crippen MR) is 74.0 cm³/mol. The van der Waals surface area contributed by atoms with Gasteiger partial charge in [-0.25, -0.2) is 0 Å². The van der Waals surface area contributed by atoms with Crippen LogP contribution in [0.3, 0.4) is 0 Å². The molecule has 0 bridgehead atoms. The molecule has 1 atom stereocenters. The molecule has 0 aromatic heterocycles. The van der Waals surface area contributed by atoms with Gasteiger partial charge in [-0.05, 0) is 29.8 Å². The van der Waals surface area contributed by atoms with Crippen molar-refractivity contribution in [1.82, 2.24) is 0 Å². The first-order valence-electron chi connectivity index (χ1n) is 5.48. The third-order valence-electron chi connectivity index (χ3n) is 2.53. The molecule has 3 heteroatoms. The molecular weight excluding hydrogens is 278 g/mol. The summed E-state index contributed by atoms with van der Waals surface area (Å²) in [6, 6.07) is 17.5. The van der Waals surface area contributed by atoms with Crippen LogP contribution >= 0.6 is 15.9 Å². The molecule has 2 aromatic rings. The lowest BCUT2D eigenvalue weighted by atomic mass is 10.1. The maximum atomic E-state index is 9.96. The van der Waals surface area contributed by atoms with Crippen molar-refractivity contribution in [3.8, 4) is 0 Å². The van der Waals surface area contributed by atoms with E-state index < -0.39 is 6.10 Å². The zero-order chi connectivity index (χ0) is 12.1. The molecule has 0 heterocycles. The lowest BCUT2D eigenvalue weighted by molar-refractivity contribution is 0.191. The fourth-order valence-corrected chi connectivity index (χ4v) is 1.84. The van der Waals surface area contributed by atoms with Gasteiger partial charge in [0.15, 0.2) is 0 Å². The molecule has 0 saturated heterocycles. The van der Waals surface area contributed by atoms with E-state index in [0.29, 0.717) is 6.54 Å². The third kappa shape index (κ3) is 3.58. The number of aliphatic hydroxyl groups excluding tert-OH is 1. The third-order valence-corrected chi connectivity index (χ3v) is 3.06. The van der Waals surface area contributed by atoms with Crippen molar-refractivity contribution in [1.29, 1.82) is 0 Å². The Bertz CT molecular complexity index is 455. The molecule has 2 rings (SSSR count). The normalized spacial score (nSPS) is 12.1. The highest BCUT2D eigenvalue weighted by Gasteiger charge is 2.05. The Hall–Kier alpha value is -1.32. The van der Waals surface area contributed by atoms with E-state index in [2.05, 4.69) is 21.2 Å². The molecule has 0 radical (unpaired) electrons. The van der Waals surface area contributed by atoms with Gasteiger partial charge >= 0.3 is 0 Å². The summed E-state index contributed by atoms with van der Waals surface area (Å²) in [5.74, 6) is 0. The highest BCUT2D eigenvalue weighted by Crippen LogP contribution is 2.16. The molecule has 0 spiro atoms. The molecule has 0 unspecified atom stereocenters. The van der Waals surface area contributed by atoms with E-state index in [0.717, 1.165) is 15.7 Å². The summed E-state index contributed by atoms with van der Waals surface area (Å²) in [4.78, 5) is 0. The number of hydrogen-bond donors (Lipinski definition) is 2. The monoisotopic (exact) mass is 291 g/mol. The second-order valence-corrected chi connectivity index (χ2v) is 4.73. The number of anilines is 1. The second kappa shape index (κ2) is 5.84. The molecule has 0 amide bonds. The van der Waals surface area contributed by atoms with E-state index >= 15 is 0 Å². The van der Waals surface area contributed by atoms with Crippen LogP contribution in [0.4, 0.5) is 5.69 Å². The van der Waals surface area contributed by atoms with Crippen molar-refractivity contribution in [3.05, 3.63) is 64.6 Å². The van der Waals surface area contributed by atoms with Crippen molar-refractivity contribution in [2.45, 2.75) is 6.10 Å². The van der Waals surface area contributed by atoms with Crippen molar-refractivity contribution in [3.63, 3.8) is 0 Å². The smallest absolute Gasteiger partial charge is 0.0962 e. The molecule has 0 saturated carbocycles. The zero-order valence-corrected chi connectivity index (χ0v) is 10.9. The SMILES string of the molecule is O[C@@H](CNc1ccc(Br)cc1)c1ccccc1. The molecule has 2 aromatic carbocycles. The van der Waals surface area contributed by atoms with Crippen molar-refractivity contribution >= 4 is 21.6 Å². The fraction of sp³-hybridized carbons (Fsp3) is 0.143. The number of rotatable bonds is 4. The Morgan fingerprint density at radius 2 is 1.65 bits per heavy atom. The van der Waals surface area contributed by atoms with Gasteiger partial charge in [-0.1, -0.05) is 46.3 Å². The van der Waals surface area contributed by atoms with E-state index in [1.807, 2.05) is 54.6 Å². The number of benzene rings is 2. The summed E-state index contributed by atoms with van der Waals surface area (Å²) in [5, 5.41) is 13.2. The van der Waals surface area contributed by atoms with Crippen LogP contribution in [0.5, 0.6) is 0 Å². The van der Waals surface area contributed by atoms with E-state index in [1.165, 1.54) is 0 Å². The first kappa shape index (κ1) is 12.1. The maximum absolute atomic E-state index is 9.96. The minimum atomic E-state index is -0.486. The van der Waals surface area contributed by atoms with Gasteiger partial charge in [-0.3, -0.25) is 0 Å².